The van der Waals surface area contributed by atoms with Crippen LogP contribution in [-0.2, 0) is 0 Å². The maximum absolute atomic E-state index is 4.75. The third-order valence-corrected chi connectivity index (χ3v) is 11.4. The molecule has 1 heterocycles. The van der Waals surface area contributed by atoms with Gasteiger partial charge in [0.1, 0.15) is 0 Å². The third-order valence-electron chi connectivity index (χ3n) is 11.4. The van der Waals surface area contributed by atoms with Crippen molar-refractivity contribution in [1.29, 1.82) is 0 Å². The molecule has 0 amide bonds. The minimum Gasteiger partial charge on any atom is -0.355 e. The van der Waals surface area contributed by atoms with Gasteiger partial charge in [0, 0.05) is 63.2 Å². The molecule has 0 fully saturated rings. The van der Waals surface area contributed by atoms with E-state index >= 15 is 0 Å². The molecule has 2 aliphatic carbocycles. The van der Waals surface area contributed by atoms with Crippen molar-refractivity contribution in [3.63, 3.8) is 0 Å². The summed E-state index contributed by atoms with van der Waals surface area (Å²) in [5.74, 6) is 0.789. The summed E-state index contributed by atoms with van der Waals surface area (Å²) in [6.45, 7) is 4.75. The Morgan fingerprint density at radius 2 is 1.22 bits per heavy atom. The molecule has 0 radical (unpaired) electrons. The zero-order chi connectivity index (χ0) is 39.5. The van der Waals surface area contributed by atoms with E-state index in [1.807, 2.05) is 0 Å². The van der Waals surface area contributed by atoms with Crippen LogP contribution in [0.1, 0.15) is 11.1 Å². The molecule has 7 aromatic carbocycles. The molecule has 59 heavy (non-hydrogen) atoms. The molecule has 0 saturated heterocycles. The van der Waals surface area contributed by atoms with Crippen LogP contribution in [0.5, 0.6) is 0 Å². The van der Waals surface area contributed by atoms with Gasteiger partial charge in [-0.1, -0.05) is 164 Å². The van der Waals surface area contributed by atoms with E-state index < -0.39 is 0 Å². The number of allylic oxidation sites excluding steroid dienone is 10. The van der Waals surface area contributed by atoms with E-state index in [-0.39, 0.29) is 0 Å². The molecule has 3 nitrogen and oxygen atoms in total. The molecular formula is C56H43N3. The lowest BCUT2D eigenvalue weighted by Crippen LogP contribution is -2.16. The summed E-state index contributed by atoms with van der Waals surface area (Å²) < 4.78 is 0. The third kappa shape index (κ3) is 7.38. The molecule has 1 aliphatic heterocycles. The Morgan fingerprint density at radius 3 is 2.08 bits per heavy atom. The maximum atomic E-state index is 4.75. The van der Waals surface area contributed by atoms with Gasteiger partial charge in [-0.05, 0) is 99.3 Å². The van der Waals surface area contributed by atoms with Gasteiger partial charge >= 0.3 is 0 Å². The van der Waals surface area contributed by atoms with Gasteiger partial charge in [-0.15, -0.1) is 0 Å². The van der Waals surface area contributed by atoms with Crippen molar-refractivity contribution >= 4 is 44.7 Å². The quantitative estimate of drug-likeness (QED) is 0.162. The Morgan fingerprint density at radius 1 is 0.508 bits per heavy atom. The molecule has 0 aromatic heterocycles. The van der Waals surface area contributed by atoms with E-state index in [2.05, 4.69) is 240 Å². The van der Waals surface area contributed by atoms with Crippen molar-refractivity contribution in [2.24, 2.45) is 11.8 Å². The van der Waals surface area contributed by atoms with Crippen molar-refractivity contribution in [3.05, 3.63) is 254 Å². The van der Waals surface area contributed by atoms with Crippen LogP contribution in [0.3, 0.4) is 0 Å². The molecule has 0 saturated carbocycles. The lowest BCUT2D eigenvalue weighted by molar-refractivity contribution is 0.655. The fourth-order valence-electron chi connectivity index (χ4n) is 8.38. The predicted octanol–water partition coefficient (Wildman–Crippen LogP) is 14.6. The molecule has 3 heteroatoms. The van der Waals surface area contributed by atoms with Gasteiger partial charge < -0.3 is 15.5 Å². The van der Waals surface area contributed by atoms with Crippen molar-refractivity contribution in [2.45, 2.75) is 0 Å². The Kier molecular flexibility index (Phi) is 9.54. The summed E-state index contributed by atoms with van der Waals surface area (Å²) >= 11 is 0. The number of nitrogens with zero attached hydrogens (tertiary/aromatic N) is 1. The summed E-state index contributed by atoms with van der Waals surface area (Å²) in [4.78, 5) is 2.30. The largest absolute Gasteiger partial charge is 0.355 e. The van der Waals surface area contributed by atoms with E-state index in [9.17, 15) is 0 Å². The Labute approximate surface area is 346 Å². The number of para-hydroxylation sites is 2. The van der Waals surface area contributed by atoms with E-state index in [1.54, 1.807) is 0 Å². The SMILES string of the molecule is C=C1/C=C(Nc2ccc3ccccc3c2)\C(c2ccccc2)=C/N(c2ccccc2)c2ccc(-c3cccc(-c4ccccc4NC4=CC5C=CC=C[C@H]5C=C4)c3)cc21. The van der Waals surface area contributed by atoms with Crippen LogP contribution in [-0.4, -0.2) is 0 Å². The van der Waals surface area contributed by atoms with Gasteiger partial charge in [-0.3, -0.25) is 0 Å². The highest BCUT2D eigenvalue weighted by atomic mass is 15.1. The van der Waals surface area contributed by atoms with Gasteiger partial charge in [0.15, 0.2) is 0 Å². The summed E-state index contributed by atoms with van der Waals surface area (Å²) in [5, 5.41) is 9.97. The first-order valence-corrected chi connectivity index (χ1v) is 20.3. The number of hydrogen-bond donors (Lipinski definition) is 2. The monoisotopic (exact) mass is 757 g/mol. The summed E-state index contributed by atoms with van der Waals surface area (Å²) in [6.07, 6.45) is 20.1. The van der Waals surface area contributed by atoms with E-state index in [1.165, 1.54) is 10.8 Å². The highest BCUT2D eigenvalue weighted by Crippen LogP contribution is 2.42. The number of anilines is 4. The van der Waals surface area contributed by atoms with Crippen molar-refractivity contribution < 1.29 is 0 Å². The summed E-state index contributed by atoms with van der Waals surface area (Å²) in [5.41, 5.74) is 15.0. The zero-order valence-electron chi connectivity index (χ0n) is 32.7. The number of benzene rings is 7. The maximum Gasteiger partial charge on any atom is 0.0534 e. The van der Waals surface area contributed by atoms with Crippen LogP contribution in [0.15, 0.2) is 243 Å². The van der Waals surface area contributed by atoms with Crippen LogP contribution in [0.4, 0.5) is 22.7 Å². The van der Waals surface area contributed by atoms with Gasteiger partial charge in [-0.25, -0.2) is 0 Å². The molecule has 0 bridgehead atoms. The summed E-state index contributed by atoms with van der Waals surface area (Å²) in [7, 11) is 0. The first kappa shape index (κ1) is 35.8. The van der Waals surface area contributed by atoms with Crippen LogP contribution in [0.25, 0.3) is 44.2 Å². The van der Waals surface area contributed by atoms with E-state index in [4.69, 9.17) is 6.58 Å². The molecule has 3 aliphatic rings. The molecule has 282 valence electrons. The van der Waals surface area contributed by atoms with Gasteiger partial charge in [-0.2, -0.15) is 0 Å². The first-order chi connectivity index (χ1) is 29.1. The standard InChI is InChI=1S/C56H43N3/c1-39-33-55(58-49-31-28-41-16-9-11-20-45(41)36-49)53(42-17-4-2-5-18-42)38-59(50-23-6-3-7-24-50)56-32-29-46(37-52(39)56)43-21-14-22-47(34-43)51-25-12-13-26-54(51)57-48-30-27-40-15-8-10-19-44(40)35-48/h2-38,40,44,57-58H,1H2/b53-38-,55-33+/t40-,44?/m0/s1. The fraction of sp³-hybridized carbons (Fsp3) is 0.0357. The molecule has 2 atom stereocenters. The Balaban J connectivity index is 1.05. The second-order valence-electron chi connectivity index (χ2n) is 15.3. The second-order valence-corrected chi connectivity index (χ2v) is 15.3. The van der Waals surface area contributed by atoms with Crippen LogP contribution in [0, 0.1) is 11.8 Å². The van der Waals surface area contributed by atoms with Gasteiger partial charge in [0.2, 0.25) is 0 Å². The fourth-order valence-corrected chi connectivity index (χ4v) is 8.38. The smallest absolute Gasteiger partial charge is 0.0534 e. The minimum absolute atomic E-state index is 0.369. The zero-order valence-corrected chi connectivity index (χ0v) is 32.7. The van der Waals surface area contributed by atoms with Gasteiger partial charge in [0.25, 0.3) is 0 Å². The first-order valence-electron chi connectivity index (χ1n) is 20.3. The molecule has 1 unspecified atom stereocenters. The van der Waals surface area contributed by atoms with E-state index in [0.29, 0.717) is 11.8 Å². The average molecular weight is 758 g/mol. The second kappa shape index (κ2) is 15.7. The van der Waals surface area contributed by atoms with Gasteiger partial charge in [0.05, 0.1) is 5.69 Å². The van der Waals surface area contributed by atoms with E-state index in [0.717, 1.165) is 78.7 Å². The number of rotatable bonds is 8. The average Bonchev–Trinajstić information content (AvgIpc) is 3.29. The lowest BCUT2D eigenvalue weighted by Gasteiger charge is -2.29. The minimum atomic E-state index is 0.369. The highest BCUT2D eigenvalue weighted by Gasteiger charge is 2.22. The molecule has 2 N–H and O–H groups in total. The van der Waals surface area contributed by atoms with Crippen molar-refractivity contribution in [1.82, 2.24) is 0 Å². The summed E-state index contributed by atoms with van der Waals surface area (Å²) in [6, 6.07) is 60.4. The van der Waals surface area contributed by atoms with Crippen LogP contribution >= 0.6 is 0 Å². The number of hydrogen-bond acceptors (Lipinski definition) is 3. The number of nitrogens with one attached hydrogen (secondary N) is 2. The molecule has 10 rings (SSSR count). The topological polar surface area (TPSA) is 27.3 Å². The highest BCUT2D eigenvalue weighted by molar-refractivity contribution is 5.97. The predicted molar refractivity (Wildman–Crippen MR) is 251 cm³/mol. The normalized spacial score (nSPS) is 18.7. The Bertz CT molecular complexity index is 2910. The Hall–Kier alpha value is -7.62. The molecule has 7 aromatic rings. The number of fused-ring (bicyclic) bond motifs is 3. The molecular weight excluding hydrogens is 715 g/mol. The molecule has 0 spiro atoms. The van der Waals surface area contributed by atoms with Crippen LogP contribution in [0.2, 0.25) is 0 Å². The lowest BCUT2D eigenvalue weighted by atomic mass is 9.84. The van der Waals surface area contributed by atoms with Crippen molar-refractivity contribution in [3.8, 4) is 22.3 Å². The van der Waals surface area contributed by atoms with Crippen molar-refractivity contribution in [2.75, 3.05) is 15.5 Å². The van der Waals surface area contributed by atoms with Crippen LogP contribution < -0.4 is 15.5 Å².